The average molecular weight is 1270 g/mol. The number of hydrogen-bond donors (Lipinski definition) is 0. The van der Waals surface area contributed by atoms with Gasteiger partial charge in [0.15, 0.2) is 0 Å². The first-order valence-corrected chi connectivity index (χ1v) is 37.9. The van der Waals surface area contributed by atoms with Gasteiger partial charge in [-0.2, -0.15) is 0 Å². The Labute approximate surface area is 577 Å². The van der Waals surface area contributed by atoms with Crippen molar-refractivity contribution in [1.29, 1.82) is 0 Å². The van der Waals surface area contributed by atoms with Crippen molar-refractivity contribution in [1.82, 2.24) is 10.2 Å². The van der Waals surface area contributed by atoms with Gasteiger partial charge in [0.25, 0.3) is 0 Å². The van der Waals surface area contributed by atoms with Gasteiger partial charge in [-0.1, -0.05) is 314 Å². The van der Waals surface area contributed by atoms with E-state index in [-0.39, 0.29) is 10.8 Å². The Balaban J connectivity index is 0.803. The number of para-hydroxylation sites is 1. The number of nitrogens with zero attached hydrogens (tertiary/aromatic N) is 3. The largest absolute Gasteiger partial charge is 0.416 e. The van der Waals surface area contributed by atoms with Crippen LogP contribution < -0.4 is 4.90 Å². The fourth-order valence-corrected chi connectivity index (χ4v) is 16.4. The molecule has 2 aliphatic rings. The molecule has 0 unspecified atom stereocenters. The van der Waals surface area contributed by atoms with Gasteiger partial charge >= 0.3 is 0 Å². The van der Waals surface area contributed by atoms with Crippen LogP contribution in [0.15, 0.2) is 205 Å². The molecule has 96 heavy (non-hydrogen) atoms. The summed E-state index contributed by atoms with van der Waals surface area (Å²) in [6, 6.07) is 76.1. The highest BCUT2D eigenvalue weighted by Gasteiger charge is 2.44. The molecule has 0 radical (unpaired) electrons. The minimum Gasteiger partial charge on any atom is -0.416 e. The summed E-state index contributed by atoms with van der Waals surface area (Å²) in [6.45, 7) is 13.7. The van der Waals surface area contributed by atoms with E-state index in [1.165, 1.54) is 245 Å². The average Bonchev–Trinajstić information content (AvgIpc) is 1.57. The van der Waals surface area contributed by atoms with Crippen LogP contribution in [-0.2, 0) is 10.8 Å². The van der Waals surface area contributed by atoms with E-state index in [9.17, 15) is 0 Å². The minimum atomic E-state index is -0.0846. The van der Waals surface area contributed by atoms with Gasteiger partial charge in [-0.25, -0.2) is 0 Å². The number of unbranched alkanes of at least 4 members (excludes halogenated alkanes) is 20. The maximum atomic E-state index is 6.55. The number of aromatic nitrogens is 2. The van der Waals surface area contributed by atoms with Crippen molar-refractivity contribution in [3.05, 3.63) is 234 Å². The smallest absolute Gasteiger partial charge is 0.248 e. The second-order valence-corrected chi connectivity index (χ2v) is 28.7. The van der Waals surface area contributed by atoms with E-state index in [0.717, 1.165) is 41.0 Å². The van der Waals surface area contributed by atoms with Crippen LogP contribution >= 0.6 is 0 Å². The molecule has 4 nitrogen and oxygen atoms in total. The summed E-state index contributed by atoms with van der Waals surface area (Å²) >= 11 is 0. The lowest BCUT2D eigenvalue weighted by molar-refractivity contribution is 0.398. The molecule has 0 saturated heterocycles. The summed E-state index contributed by atoms with van der Waals surface area (Å²) in [5.41, 5.74) is 27.2. The molecular weight excluding hydrogens is 1160 g/mol. The molecule has 0 saturated carbocycles. The van der Waals surface area contributed by atoms with Gasteiger partial charge in [0.05, 0.1) is 0 Å². The molecule has 0 bridgehead atoms. The molecule has 0 aliphatic heterocycles. The van der Waals surface area contributed by atoms with E-state index < -0.39 is 0 Å². The fraction of sp³-hybridized carbons (Fsp3) is 0.391. The Morgan fingerprint density at radius 2 is 0.552 bits per heavy atom. The molecule has 0 atom stereocenters. The molecule has 10 aromatic rings. The molecule has 0 amide bonds. The molecule has 496 valence electrons. The van der Waals surface area contributed by atoms with Gasteiger partial charge in [0, 0.05) is 39.0 Å². The van der Waals surface area contributed by atoms with E-state index in [1.807, 2.05) is 0 Å². The van der Waals surface area contributed by atoms with E-state index in [0.29, 0.717) is 11.8 Å². The molecule has 1 heterocycles. The van der Waals surface area contributed by atoms with Crippen molar-refractivity contribution in [2.24, 2.45) is 0 Å². The quantitative estimate of drug-likeness (QED) is 0.0367. The van der Waals surface area contributed by atoms with E-state index >= 15 is 0 Å². The van der Waals surface area contributed by atoms with Crippen molar-refractivity contribution in [2.75, 3.05) is 4.90 Å². The van der Waals surface area contributed by atoms with Gasteiger partial charge in [0.2, 0.25) is 11.8 Å². The summed E-state index contributed by atoms with van der Waals surface area (Å²) in [5.74, 6) is 1.07. The zero-order valence-electron chi connectivity index (χ0n) is 59.1. The first kappa shape index (κ1) is 67.9. The predicted octanol–water partition coefficient (Wildman–Crippen LogP) is 28.0. The second kappa shape index (κ2) is 32.8. The van der Waals surface area contributed by atoms with Gasteiger partial charge < -0.3 is 9.32 Å². The predicted molar refractivity (Wildman–Crippen MR) is 410 cm³/mol. The second-order valence-electron chi connectivity index (χ2n) is 28.7. The Bertz CT molecular complexity index is 4050. The lowest BCUT2D eigenvalue weighted by atomic mass is 9.70. The highest BCUT2D eigenvalue weighted by Crippen LogP contribution is 2.58. The fourth-order valence-electron chi connectivity index (χ4n) is 16.4. The number of anilines is 3. The summed E-state index contributed by atoms with van der Waals surface area (Å²) in [5, 5.41) is 9.31. The van der Waals surface area contributed by atoms with Crippen molar-refractivity contribution in [3.63, 3.8) is 0 Å². The van der Waals surface area contributed by atoms with Gasteiger partial charge in [-0.05, 0) is 196 Å². The zero-order valence-corrected chi connectivity index (χ0v) is 59.1. The third-order valence-corrected chi connectivity index (χ3v) is 21.8. The van der Waals surface area contributed by atoms with Crippen LogP contribution in [0.25, 0.3) is 78.5 Å². The first-order chi connectivity index (χ1) is 47.2. The summed E-state index contributed by atoms with van der Waals surface area (Å²) in [7, 11) is 0. The minimum absolute atomic E-state index is 0.0389. The molecule has 0 spiro atoms. The summed E-state index contributed by atoms with van der Waals surface area (Å²) in [4.78, 5) is 2.37. The monoisotopic (exact) mass is 1270 g/mol. The lowest BCUT2D eigenvalue weighted by Crippen LogP contribution is -2.25. The standard InChI is InChI=1S/C92H107N3O/c1-7-11-15-19-23-30-60-91(61-31-24-20-16-12-8-2)85-64-69(6)38-56-81(85)82-57-49-75(65-86(82)91)70-39-43-73(44-40-70)89-93-94-90(96-89)74-45-41-71(42-46-74)76-50-58-83-84-59-51-77(72-47-54-80(55-48-72)95(78-34-28-27-29-35-78)79-52-36-68(5)37-53-79)67-88(84)92(87(83)66-76,62-32-25-21-17-13-9-3)63-33-26-22-18-14-10-4/h27-29,34-59,64-67H,7-26,30-33,60-63H2,1-6H3. The van der Waals surface area contributed by atoms with Crippen LogP contribution in [0.4, 0.5) is 17.1 Å². The van der Waals surface area contributed by atoms with Crippen LogP contribution in [0.5, 0.6) is 0 Å². The Morgan fingerprint density at radius 1 is 0.271 bits per heavy atom. The third-order valence-electron chi connectivity index (χ3n) is 21.8. The number of rotatable bonds is 36. The topological polar surface area (TPSA) is 42.2 Å². The van der Waals surface area contributed by atoms with Gasteiger partial charge in [-0.15, -0.1) is 10.2 Å². The number of fused-ring (bicyclic) bond motifs is 6. The number of aryl methyl sites for hydroxylation is 2. The van der Waals surface area contributed by atoms with Gasteiger partial charge in [0.1, 0.15) is 0 Å². The molecule has 4 heteroatoms. The molecule has 0 fully saturated rings. The van der Waals surface area contributed by atoms with Crippen molar-refractivity contribution in [2.45, 2.75) is 232 Å². The third kappa shape index (κ3) is 15.3. The highest BCUT2D eigenvalue weighted by atomic mass is 16.4. The van der Waals surface area contributed by atoms with Crippen LogP contribution in [0, 0.1) is 13.8 Å². The highest BCUT2D eigenvalue weighted by molar-refractivity contribution is 5.88. The molecule has 12 rings (SSSR count). The normalized spacial score (nSPS) is 13.2. The molecule has 1 aromatic heterocycles. The van der Waals surface area contributed by atoms with Crippen molar-refractivity contribution in [3.8, 4) is 78.5 Å². The Hall–Kier alpha value is -8.08. The molecular formula is C92H107N3O. The maximum Gasteiger partial charge on any atom is 0.248 e. The first-order valence-electron chi connectivity index (χ1n) is 37.9. The van der Waals surface area contributed by atoms with Crippen LogP contribution in [0.3, 0.4) is 0 Å². The Kier molecular flexibility index (Phi) is 23.2. The summed E-state index contributed by atoms with van der Waals surface area (Å²) in [6.07, 6.45) is 36.0. The lowest BCUT2D eigenvalue weighted by Gasteiger charge is -2.33. The molecule has 2 aliphatic carbocycles. The van der Waals surface area contributed by atoms with Crippen LogP contribution in [0.2, 0.25) is 0 Å². The summed E-state index contributed by atoms with van der Waals surface area (Å²) < 4.78 is 6.55. The SMILES string of the molecule is CCCCCCCCC1(CCCCCCCC)c2cc(C)ccc2-c2ccc(-c3ccc(-c4nnc(-c5ccc(-c6ccc7c(c6)C(CCCCCCCC)(CCCCCCCC)c6cc(-c8ccc(N(c9ccccc9)c9ccc(C)cc9)cc8)ccc6-7)cc5)o4)cc3)cc21. The number of benzene rings is 9. The van der Waals surface area contributed by atoms with Crippen LogP contribution in [-0.4, -0.2) is 10.2 Å². The molecule has 9 aromatic carbocycles. The van der Waals surface area contributed by atoms with E-state index in [1.54, 1.807) is 11.1 Å². The molecule has 0 N–H and O–H groups in total. The van der Waals surface area contributed by atoms with E-state index in [4.69, 9.17) is 4.42 Å². The van der Waals surface area contributed by atoms with Crippen molar-refractivity contribution < 1.29 is 4.42 Å². The zero-order chi connectivity index (χ0) is 66.1. The van der Waals surface area contributed by atoms with Crippen LogP contribution in [0.1, 0.15) is 241 Å². The van der Waals surface area contributed by atoms with E-state index in [2.05, 4.69) is 257 Å². The maximum absolute atomic E-state index is 6.55. The van der Waals surface area contributed by atoms with Gasteiger partial charge in [-0.3, -0.25) is 0 Å². The Morgan fingerprint density at radius 3 is 0.927 bits per heavy atom. The van der Waals surface area contributed by atoms with Crippen molar-refractivity contribution >= 4 is 17.1 Å². The number of hydrogen-bond acceptors (Lipinski definition) is 4.